The molecule has 2 heterocycles. The van der Waals surface area contributed by atoms with Gasteiger partial charge in [-0.15, -0.1) is 0 Å². The molecule has 0 radical (unpaired) electrons. The van der Waals surface area contributed by atoms with E-state index in [0.717, 1.165) is 0 Å². The van der Waals surface area contributed by atoms with Crippen LogP contribution in [-0.4, -0.2) is 0 Å². The lowest BCUT2D eigenvalue weighted by atomic mass is 9.90. The summed E-state index contributed by atoms with van der Waals surface area (Å²) < 4.78 is 2.72. The number of fused-ring (bicyclic) bond motifs is 2. The SMILES string of the molecule is Cc1ccccc1C(=C1Sc2ccccc2S1)C(=C1Sc2ccccc2S1)c1ccccc1C. The maximum Gasteiger partial charge on any atom is 0.0584 e. The molecular weight excluding hydrogens is 489 g/mol. The molecule has 0 saturated heterocycles. The Kier molecular flexibility index (Phi) is 6.17. The summed E-state index contributed by atoms with van der Waals surface area (Å²) in [6.45, 7) is 4.47. The third kappa shape index (κ3) is 4.07. The molecule has 4 aromatic carbocycles. The van der Waals surface area contributed by atoms with Crippen LogP contribution >= 0.6 is 47.0 Å². The molecule has 34 heavy (non-hydrogen) atoms. The quantitative estimate of drug-likeness (QED) is 0.269. The van der Waals surface area contributed by atoms with Crippen LogP contribution in [0.1, 0.15) is 22.3 Å². The molecule has 0 aliphatic carbocycles. The van der Waals surface area contributed by atoms with Crippen LogP contribution in [0.3, 0.4) is 0 Å². The molecule has 4 aromatic rings. The van der Waals surface area contributed by atoms with E-state index in [1.165, 1.54) is 61.5 Å². The van der Waals surface area contributed by atoms with Gasteiger partial charge in [-0.1, -0.05) is 120 Å². The second-order valence-electron chi connectivity index (χ2n) is 8.26. The zero-order chi connectivity index (χ0) is 23.1. The molecule has 0 spiro atoms. The number of aryl methyl sites for hydroxylation is 2. The summed E-state index contributed by atoms with van der Waals surface area (Å²) in [7, 11) is 0. The molecule has 0 unspecified atom stereocenters. The summed E-state index contributed by atoms with van der Waals surface area (Å²) in [6.07, 6.45) is 0. The number of benzene rings is 4. The molecule has 2 aliphatic heterocycles. The number of allylic oxidation sites excluding steroid dienone is 2. The maximum atomic E-state index is 2.29. The molecule has 6 rings (SSSR count). The van der Waals surface area contributed by atoms with E-state index < -0.39 is 0 Å². The highest BCUT2D eigenvalue weighted by Gasteiger charge is 2.30. The molecule has 0 fully saturated rings. The molecule has 0 amide bonds. The Balaban J connectivity index is 1.65. The number of rotatable bonds is 3. The Labute approximate surface area is 218 Å². The van der Waals surface area contributed by atoms with Crippen molar-refractivity contribution < 1.29 is 0 Å². The molecule has 0 atom stereocenters. The van der Waals surface area contributed by atoms with Crippen LogP contribution in [0.2, 0.25) is 0 Å². The minimum absolute atomic E-state index is 1.30. The number of hydrogen-bond acceptors (Lipinski definition) is 4. The Morgan fingerprint density at radius 2 is 0.706 bits per heavy atom. The maximum absolute atomic E-state index is 2.29. The molecule has 0 N–H and O–H groups in total. The van der Waals surface area contributed by atoms with Crippen molar-refractivity contribution in [3.05, 3.63) is 128 Å². The van der Waals surface area contributed by atoms with E-state index in [1.807, 2.05) is 47.0 Å². The minimum atomic E-state index is 1.30. The third-order valence-electron chi connectivity index (χ3n) is 6.00. The van der Waals surface area contributed by atoms with Crippen molar-refractivity contribution in [3.8, 4) is 0 Å². The molecule has 0 bridgehead atoms. The van der Waals surface area contributed by atoms with E-state index >= 15 is 0 Å². The first-order valence-corrected chi connectivity index (χ1v) is 14.5. The van der Waals surface area contributed by atoms with Crippen molar-refractivity contribution in [1.82, 2.24) is 0 Å². The molecule has 4 heteroatoms. The number of thioether (sulfide) groups is 4. The number of hydrogen-bond donors (Lipinski definition) is 0. The predicted octanol–water partition coefficient (Wildman–Crippen LogP) is 10.1. The van der Waals surface area contributed by atoms with Crippen LogP contribution in [0.5, 0.6) is 0 Å². The summed E-state index contributed by atoms with van der Waals surface area (Å²) in [5, 5.41) is 0. The zero-order valence-corrected chi connectivity index (χ0v) is 22.1. The fraction of sp³-hybridized carbons (Fsp3) is 0.0667. The summed E-state index contributed by atoms with van der Waals surface area (Å²) in [5.41, 5.74) is 7.93. The smallest absolute Gasteiger partial charge is 0.0584 e. The van der Waals surface area contributed by atoms with Gasteiger partial charge in [-0.3, -0.25) is 0 Å². The fourth-order valence-corrected chi connectivity index (χ4v) is 9.51. The Morgan fingerprint density at radius 1 is 0.412 bits per heavy atom. The monoisotopic (exact) mass is 510 g/mol. The first-order valence-electron chi connectivity index (χ1n) is 11.2. The zero-order valence-electron chi connectivity index (χ0n) is 18.9. The van der Waals surface area contributed by atoms with E-state index in [1.54, 1.807) is 0 Å². The molecule has 0 nitrogen and oxygen atoms in total. The molecule has 0 saturated carbocycles. The van der Waals surface area contributed by atoms with E-state index in [-0.39, 0.29) is 0 Å². The van der Waals surface area contributed by atoms with Gasteiger partial charge < -0.3 is 0 Å². The van der Waals surface area contributed by atoms with Crippen molar-refractivity contribution in [2.75, 3.05) is 0 Å². The normalized spacial score (nSPS) is 14.2. The van der Waals surface area contributed by atoms with Crippen molar-refractivity contribution in [3.63, 3.8) is 0 Å². The van der Waals surface area contributed by atoms with Crippen LogP contribution in [0.4, 0.5) is 0 Å². The average Bonchev–Trinajstić information content (AvgIpc) is 3.48. The predicted molar refractivity (Wildman–Crippen MR) is 153 cm³/mol. The fourth-order valence-electron chi connectivity index (χ4n) is 4.28. The van der Waals surface area contributed by atoms with Gasteiger partial charge in [0.05, 0.1) is 8.47 Å². The summed E-state index contributed by atoms with van der Waals surface area (Å²) in [6, 6.07) is 35.2. The highest BCUT2D eigenvalue weighted by Crippen LogP contribution is 2.60. The van der Waals surface area contributed by atoms with Gasteiger partial charge in [-0.05, 0) is 60.4 Å². The van der Waals surface area contributed by atoms with Gasteiger partial charge in [0.2, 0.25) is 0 Å². The summed E-state index contributed by atoms with van der Waals surface area (Å²) >= 11 is 7.64. The Morgan fingerprint density at radius 3 is 1.03 bits per heavy atom. The topological polar surface area (TPSA) is 0 Å². The van der Waals surface area contributed by atoms with Gasteiger partial charge in [0.15, 0.2) is 0 Å². The van der Waals surface area contributed by atoms with E-state index in [0.29, 0.717) is 0 Å². The molecule has 166 valence electrons. The van der Waals surface area contributed by atoms with Gasteiger partial charge in [-0.2, -0.15) is 0 Å². The Hall–Kier alpha value is -2.24. The van der Waals surface area contributed by atoms with E-state index in [4.69, 9.17) is 0 Å². The van der Waals surface area contributed by atoms with Gasteiger partial charge in [0, 0.05) is 30.7 Å². The van der Waals surface area contributed by atoms with Crippen molar-refractivity contribution in [2.24, 2.45) is 0 Å². The standard InChI is InChI=1S/C30H22S4/c1-19-11-3-5-13-21(19)27(29-31-23-15-7-8-16-24(23)32-29)28(22-14-6-4-12-20(22)2)30-33-25-17-9-10-18-26(25)34-30/h3-18H,1-2H3. The lowest BCUT2D eigenvalue weighted by Gasteiger charge is -2.21. The lowest BCUT2D eigenvalue weighted by molar-refractivity contribution is 1.27. The Bertz CT molecular complexity index is 1310. The van der Waals surface area contributed by atoms with Crippen molar-refractivity contribution >= 4 is 58.2 Å². The highest BCUT2D eigenvalue weighted by molar-refractivity contribution is 8.25. The molecular formula is C30H22S4. The molecule has 0 aromatic heterocycles. The summed E-state index contributed by atoms with van der Waals surface area (Å²) in [4.78, 5) is 5.38. The minimum Gasteiger partial charge on any atom is -0.0809 e. The lowest BCUT2D eigenvalue weighted by Crippen LogP contribution is -1.98. The third-order valence-corrected chi connectivity index (χ3v) is 11.1. The van der Waals surface area contributed by atoms with Crippen molar-refractivity contribution in [1.29, 1.82) is 0 Å². The van der Waals surface area contributed by atoms with Crippen molar-refractivity contribution in [2.45, 2.75) is 33.4 Å². The van der Waals surface area contributed by atoms with Crippen LogP contribution in [-0.2, 0) is 0 Å². The first kappa shape index (κ1) is 22.2. The van der Waals surface area contributed by atoms with E-state index in [2.05, 4.69) is 111 Å². The average molecular weight is 511 g/mol. The first-order chi connectivity index (χ1) is 16.7. The van der Waals surface area contributed by atoms with Gasteiger partial charge in [-0.25, -0.2) is 0 Å². The second-order valence-corrected chi connectivity index (χ2v) is 13.0. The van der Waals surface area contributed by atoms with E-state index in [9.17, 15) is 0 Å². The van der Waals surface area contributed by atoms with Crippen LogP contribution < -0.4 is 0 Å². The van der Waals surface area contributed by atoms with Gasteiger partial charge in [0.1, 0.15) is 0 Å². The second kappa shape index (κ2) is 9.43. The van der Waals surface area contributed by atoms with Gasteiger partial charge >= 0.3 is 0 Å². The highest BCUT2D eigenvalue weighted by atomic mass is 32.2. The molecule has 2 aliphatic rings. The largest absolute Gasteiger partial charge is 0.0809 e. The van der Waals surface area contributed by atoms with Crippen LogP contribution in [0.25, 0.3) is 11.1 Å². The van der Waals surface area contributed by atoms with Gasteiger partial charge in [0.25, 0.3) is 0 Å². The van der Waals surface area contributed by atoms with Crippen LogP contribution in [0.15, 0.2) is 125 Å². The van der Waals surface area contributed by atoms with Crippen LogP contribution in [0, 0.1) is 13.8 Å². The summed E-state index contributed by atoms with van der Waals surface area (Å²) in [5.74, 6) is 0.